The minimum atomic E-state index is -6.29. The van der Waals surface area contributed by atoms with Crippen LogP contribution in [0.1, 0.15) is 27.7 Å². The first kappa shape index (κ1) is 26.6. The molecule has 0 spiro atoms. The van der Waals surface area contributed by atoms with Gasteiger partial charge in [0.05, 0.1) is 0 Å². The minimum Gasteiger partial charge on any atom is -0.463 e. The maximum absolute atomic E-state index is 12.8. The van der Waals surface area contributed by atoms with Gasteiger partial charge in [-0.25, -0.2) is 4.18 Å². The largest absolute Gasteiger partial charge is 0.523 e. The summed E-state index contributed by atoms with van der Waals surface area (Å²) < 4.78 is 89.7. The molecule has 0 aromatic rings. The molecule has 178 valence electrons. The summed E-state index contributed by atoms with van der Waals surface area (Å²) in [6, 6.07) is 0. The highest BCUT2D eigenvalue weighted by atomic mass is 32.2. The lowest BCUT2D eigenvalue weighted by Crippen LogP contribution is -2.63. The summed E-state index contributed by atoms with van der Waals surface area (Å²) in [5.41, 5.74) is -5.88. The van der Waals surface area contributed by atoms with Crippen LogP contribution in [0.15, 0.2) is 0 Å². The van der Waals surface area contributed by atoms with E-state index in [4.69, 9.17) is 18.9 Å². The summed E-state index contributed by atoms with van der Waals surface area (Å²) in [4.78, 5) is 45.6. The fourth-order valence-corrected chi connectivity index (χ4v) is 2.96. The molecule has 1 aliphatic heterocycles. The van der Waals surface area contributed by atoms with Crippen molar-refractivity contribution in [3.05, 3.63) is 0 Å². The van der Waals surface area contributed by atoms with E-state index < -0.39 is 76.8 Å². The molecule has 0 aliphatic carbocycles. The van der Waals surface area contributed by atoms with Crippen LogP contribution >= 0.6 is 0 Å². The van der Waals surface area contributed by atoms with Gasteiger partial charge in [-0.3, -0.25) is 19.2 Å². The lowest BCUT2D eigenvalue weighted by atomic mass is 9.98. The number of alkyl halides is 3. The van der Waals surface area contributed by atoms with E-state index in [-0.39, 0.29) is 0 Å². The van der Waals surface area contributed by atoms with Gasteiger partial charge in [0.15, 0.2) is 18.3 Å². The third-order valence-corrected chi connectivity index (χ3v) is 4.46. The zero-order valence-corrected chi connectivity index (χ0v) is 17.4. The Kier molecular flexibility index (Phi) is 8.77. The van der Waals surface area contributed by atoms with E-state index in [9.17, 15) is 40.8 Å². The second-order valence-corrected chi connectivity index (χ2v) is 7.63. The quantitative estimate of drug-likeness (QED) is 0.207. The second-order valence-electron chi connectivity index (χ2n) is 6.06. The fraction of sp³-hybridized carbons (Fsp3) is 0.733. The van der Waals surface area contributed by atoms with Crippen molar-refractivity contribution in [1.29, 1.82) is 0 Å². The number of hydrogen-bond donors (Lipinski definition) is 0. The van der Waals surface area contributed by atoms with Crippen molar-refractivity contribution in [3.63, 3.8) is 0 Å². The number of hydrogen-bond acceptors (Lipinski definition) is 12. The topological polar surface area (TPSA) is 158 Å². The van der Waals surface area contributed by atoms with E-state index >= 15 is 0 Å². The van der Waals surface area contributed by atoms with E-state index in [0.717, 1.165) is 27.7 Å². The third-order valence-electron chi connectivity index (χ3n) is 3.45. The molecule has 1 fully saturated rings. The van der Waals surface area contributed by atoms with Crippen LogP contribution in [0.2, 0.25) is 0 Å². The Morgan fingerprint density at radius 3 is 1.68 bits per heavy atom. The Bertz CT molecular complexity index is 809. The molecule has 0 saturated carbocycles. The summed E-state index contributed by atoms with van der Waals surface area (Å²) in [7, 11) is -6.29. The highest BCUT2D eigenvalue weighted by Gasteiger charge is 2.57. The van der Waals surface area contributed by atoms with E-state index in [2.05, 4.69) is 8.92 Å². The lowest BCUT2D eigenvalue weighted by molar-refractivity contribution is -0.289. The number of rotatable bonds is 7. The smallest absolute Gasteiger partial charge is 0.463 e. The van der Waals surface area contributed by atoms with Crippen molar-refractivity contribution in [2.75, 3.05) is 6.61 Å². The molecule has 1 unspecified atom stereocenters. The molecule has 1 saturated heterocycles. The fourth-order valence-electron chi connectivity index (χ4n) is 2.45. The first-order valence-electron chi connectivity index (χ1n) is 8.35. The van der Waals surface area contributed by atoms with Gasteiger partial charge in [-0.2, -0.15) is 21.6 Å². The van der Waals surface area contributed by atoms with Gasteiger partial charge in [0.1, 0.15) is 12.7 Å². The number of esters is 4. The first-order valence-corrected chi connectivity index (χ1v) is 9.76. The Balaban J connectivity index is 3.47. The van der Waals surface area contributed by atoms with E-state index in [1.165, 1.54) is 0 Å². The van der Waals surface area contributed by atoms with Crippen molar-refractivity contribution in [2.24, 2.45) is 0 Å². The van der Waals surface area contributed by atoms with Gasteiger partial charge in [-0.1, -0.05) is 0 Å². The van der Waals surface area contributed by atoms with Crippen LogP contribution in [0.4, 0.5) is 13.2 Å². The Hall–Kier alpha value is -2.46. The van der Waals surface area contributed by atoms with Crippen LogP contribution in [-0.4, -0.2) is 75.1 Å². The summed E-state index contributed by atoms with van der Waals surface area (Å²) in [5, 5.41) is 0. The van der Waals surface area contributed by atoms with Crippen LogP contribution in [0.5, 0.6) is 0 Å². The minimum absolute atomic E-state index is 0.774. The van der Waals surface area contributed by atoms with Gasteiger partial charge in [-0.15, -0.1) is 0 Å². The Morgan fingerprint density at radius 1 is 0.806 bits per heavy atom. The molecule has 0 amide bonds. The lowest BCUT2D eigenvalue weighted by Gasteiger charge is -2.43. The molecule has 0 aromatic carbocycles. The van der Waals surface area contributed by atoms with Gasteiger partial charge in [0.2, 0.25) is 6.29 Å². The molecule has 31 heavy (non-hydrogen) atoms. The first-order chi connectivity index (χ1) is 14.0. The summed E-state index contributed by atoms with van der Waals surface area (Å²) in [6.07, 6.45) is -9.85. The molecule has 1 aliphatic rings. The average Bonchev–Trinajstić information content (AvgIpc) is 2.56. The van der Waals surface area contributed by atoms with Crippen molar-refractivity contribution in [3.8, 4) is 0 Å². The number of ether oxygens (including phenoxy) is 5. The predicted molar refractivity (Wildman–Crippen MR) is 88.0 cm³/mol. The van der Waals surface area contributed by atoms with Crippen LogP contribution in [0.3, 0.4) is 0 Å². The Morgan fingerprint density at radius 2 is 1.26 bits per heavy atom. The standard InChI is InChI=1S/C15H19F3O12S/c1-6(19)25-5-10-11(26-7(2)20)12(27-8(3)21)13(28-9(4)22)14(29-10)30-31(23,24)15(16,17)18/h10-14H,5H2,1-4H3/t10-,11+,12+,13-,14?/m1/s1. The van der Waals surface area contributed by atoms with E-state index in [0.29, 0.717) is 0 Å². The molecular formula is C15H19F3O12S. The van der Waals surface area contributed by atoms with Crippen molar-refractivity contribution >= 4 is 34.0 Å². The summed E-state index contributed by atoms with van der Waals surface area (Å²) in [6.45, 7) is 2.80. The van der Waals surface area contributed by atoms with E-state index in [1.54, 1.807) is 0 Å². The number of carbonyl (C=O) groups is 4. The molecule has 16 heteroatoms. The van der Waals surface area contributed by atoms with Crippen molar-refractivity contribution in [1.82, 2.24) is 0 Å². The second kappa shape index (κ2) is 10.2. The summed E-state index contributed by atoms with van der Waals surface area (Å²) in [5.74, 6) is -4.08. The van der Waals surface area contributed by atoms with E-state index in [1.807, 2.05) is 0 Å². The van der Waals surface area contributed by atoms with Crippen LogP contribution < -0.4 is 0 Å². The molecule has 0 radical (unpaired) electrons. The predicted octanol–water partition coefficient (Wildman–Crippen LogP) is -0.0643. The number of halogens is 3. The zero-order valence-electron chi connectivity index (χ0n) is 16.5. The van der Waals surface area contributed by atoms with Crippen molar-refractivity contribution < 1.29 is 68.6 Å². The molecule has 1 rings (SSSR count). The molecule has 1 heterocycles. The zero-order chi connectivity index (χ0) is 24.1. The average molecular weight is 480 g/mol. The van der Waals surface area contributed by atoms with Gasteiger partial charge in [-0.05, 0) is 0 Å². The highest BCUT2D eigenvalue weighted by Crippen LogP contribution is 2.33. The maximum atomic E-state index is 12.8. The van der Waals surface area contributed by atoms with Crippen LogP contribution in [-0.2, 0) is 57.2 Å². The molecule has 12 nitrogen and oxygen atoms in total. The van der Waals surface area contributed by atoms with Crippen LogP contribution in [0, 0.1) is 0 Å². The molecule has 5 atom stereocenters. The molecule has 0 N–H and O–H groups in total. The van der Waals surface area contributed by atoms with Gasteiger partial charge >= 0.3 is 39.5 Å². The van der Waals surface area contributed by atoms with Gasteiger partial charge in [0, 0.05) is 27.7 Å². The third kappa shape index (κ3) is 7.62. The van der Waals surface area contributed by atoms with Gasteiger partial charge in [0.25, 0.3) is 0 Å². The molecule has 0 bridgehead atoms. The SMILES string of the molecule is CC(=O)OC[C@H]1OC(OS(=O)(=O)C(F)(F)F)[C@H](OC(C)=O)[C@@H](OC(C)=O)[C@H]1OC(C)=O. The van der Waals surface area contributed by atoms with Gasteiger partial charge < -0.3 is 23.7 Å². The number of carbonyl (C=O) groups excluding carboxylic acids is 4. The normalized spacial score (nSPS) is 26.5. The molecule has 0 aromatic heterocycles. The molecular weight excluding hydrogens is 461 g/mol. The summed E-state index contributed by atoms with van der Waals surface area (Å²) >= 11 is 0. The highest BCUT2D eigenvalue weighted by molar-refractivity contribution is 7.87. The Labute approximate surface area is 174 Å². The van der Waals surface area contributed by atoms with Crippen molar-refractivity contribution in [2.45, 2.75) is 63.9 Å². The monoisotopic (exact) mass is 480 g/mol. The van der Waals surface area contributed by atoms with Crippen LogP contribution in [0.25, 0.3) is 0 Å². The maximum Gasteiger partial charge on any atom is 0.523 e.